The zero-order chi connectivity index (χ0) is 25.0. The summed E-state index contributed by atoms with van der Waals surface area (Å²) < 4.78 is 31.9. The number of amides is 1. The average Bonchev–Trinajstić information content (AvgIpc) is 2.75. The molecule has 0 aromatic carbocycles. The zero-order valence-corrected chi connectivity index (χ0v) is 22.0. The van der Waals surface area contributed by atoms with Gasteiger partial charge in [-0.2, -0.15) is 8.42 Å². The number of carbonyl (C=O) groups is 1. The van der Waals surface area contributed by atoms with Gasteiger partial charge in [-0.1, -0.05) is 117 Å². The molecule has 7 nitrogen and oxygen atoms in total. The van der Waals surface area contributed by atoms with E-state index in [1.165, 1.54) is 51.4 Å². The molecule has 0 heterocycles. The van der Waals surface area contributed by atoms with Crippen LogP contribution in [-0.2, 0) is 14.9 Å². The van der Waals surface area contributed by atoms with E-state index in [-0.39, 0.29) is 0 Å². The molecule has 0 aliphatic heterocycles. The summed E-state index contributed by atoms with van der Waals surface area (Å²) in [6.07, 6.45) is 15.9. The molecule has 198 valence electrons. The number of nitrogens with one attached hydrogen (secondary N) is 1. The van der Waals surface area contributed by atoms with Crippen molar-refractivity contribution in [2.24, 2.45) is 0 Å². The predicted octanol–water partition coefficient (Wildman–Crippen LogP) is 5.14. The van der Waals surface area contributed by atoms with Gasteiger partial charge < -0.3 is 15.5 Å². The molecule has 0 aliphatic carbocycles. The van der Waals surface area contributed by atoms with Crippen molar-refractivity contribution in [3.63, 3.8) is 0 Å². The van der Waals surface area contributed by atoms with Gasteiger partial charge in [0, 0.05) is 0 Å². The average molecular weight is 494 g/mol. The van der Waals surface area contributed by atoms with Crippen LogP contribution < -0.4 is 5.32 Å². The molecule has 0 fully saturated rings. The van der Waals surface area contributed by atoms with Gasteiger partial charge in [0.15, 0.2) is 0 Å². The molecule has 4 N–H and O–H groups in total. The van der Waals surface area contributed by atoms with E-state index in [4.69, 9.17) is 0 Å². The number of rotatable bonds is 23. The lowest BCUT2D eigenvalue weighted by Crippen LogP contribution is -2.50. The van der Waals surface area contributed by atoms with Crippen molar-refractivity contribution in [1.82, 2.24) is 5.32 Å². The highest BCUT2D eigenvalue weighted by Gasteiger charge is 2.28. The van der Waals surface area contributed by atoms with E-state index in [1.54, 1.807) is 0 Å². The number of aliphatic hydroxyl groups is 2. The minimum atomic E-state index is -4.38. The van der Waals surface area contributed by atoms with Crippen LogP contribution in [0.25, 0.3) is 0 Å². The Morgan fingerprint density at radius 2 is 1.09 bits per heavy atom. The van der Waals surface area contributed by atoms with Crippen molar-refractivity contribution in [2.75, 3.05) is 5.75 Å². The van der Waals surface area contributed by atoms with E-state index < -0.39 is 40.0 Å². The number of unbranched alkanes of at least 4 members (excludes halogenated alkanes) is 14. The lowest BCUT2D eigenvalue weighted by molar-refractivity contribution is -0.131. The van der Waals surface area contributed by atoms with Crippen molar-refractivity contribution in [3.8, 4) is 0 Å². The first-order valence-corrected chi connectivity index (χ1v) is 14.9. The predicted molar refractivity (Wildman–Crippen MR) is 135 cm³/mol. The van der Waals surface area contributed by atoms with E-state index in [2.05, 4.69) is 19.2 Å². The van der Waals surface area contributed by atoms with E-state index in [0.717, 1.165) is 38.5 Å². The molecule has 0 rings (SSSR count). The number of aliphatic hydroxyl groups excluding tert-OH is 2. The first-order valence-electron chi connectivity index (χ1n) is 13.3. The summed E-state index contributed by atoms with van der Waals surface area (Å²) in [5.74, 6) is -1.46. The first-order chi connectivity index (χ1) is 15.7. The van der Waals surface area contributed by atoms with Crippen LogP contribution in [0.2, 0.25) is 0 Å². The molecule has 8 heteroatoms. The Hall–Kier alpha value is -0.700. The molecule has 1 amide bonds. The van der Waals surface area contributed by atoms with Gasteiger partial charge in [0.25, 0.3) is 10.1 Å². The minimum Gasteiger partial charge on any atom is -0.391 e. The summed E-state index contributed by atoms with van der Waals surface area (Å²) in [4.78, 5) is 12.3. The van der Waals surface area contributed by atoms with E-state index in [1.807, 2.05) is 0 Å². The van der Waals surface area contributed by atoms with Gasteiger partial charge >= 0.3 is 0 Å². The fourth-order valence-corrected chi connectivity index (χ4v) is 4.81. The molecule has 0 spiro atoms. The molecule has 0 saturated carbocycles. The monoisotopic (exact) mass is 493 g/mol. The summed E-state index contributed by atoms with van der Waals surface area (Å²) >= 11 is 0. The SMILES string of the molecule is CCCCCCCCCCCC(O)C(=O)NC(CS(=O)(=O)O)C(O)CCCCCCCCC. The highest BCUT2D eigenvalue weighted by molar-refractivity contribution is 7.85. The standard InChI is InChI=1S/C25H51NO6S/c1-3-5-7-9-11-12-14-16-18-20-24(28)25(29)26-22(21-33(30,31)32)23(27)19-17-15-13-10-8-6-4-2/h22-24,27-28H,3-21H2,1-2H3,(H,26,29)(H,30,31,32). The molecule has 0 bridgehead atoms. The van der Waals surface area contributed by atoms with Crippen LogP contribution in [0.1, 0.15) is 129 Å². The normalized spacial score (nSPS) is 14.7. The van der Waals surface area contributed by atoms with E-state index >= 15 is 0 Å². The van der Waals surface area contributed by atoms with Gasteiger partial charge in [0.05, 0.1) is 17.9 Å². The second-order valence-corrected chi connectivity index (χ2v) is 11.0. The van der Waals surface area contributed by atoms with Crippen molar-refractivity contribution < 1.29 is 28.0 Å². The van der Waals surface area contributed by atoms with Crippen LogP contribution >= 0.6 is 0 Å². The maximum absolute atomic E-state index is 12.3. The van der Waals surface area contributed by atoms with Gasteiger partial charge in [-0.05, 0) is 12.8 Å². The molecule has 0 aromatic rings. The maximum atomic E-state index is 12.3. The Morgan fingerprint density at radius 1 is 0.697 bits per heavy atom. The van der Waals surface area contributed by atoms with Crippen LogP contribution in [0.4, 0.5) is 0 Å². The van der Waals surface area contributed by atoms with Crippen LogP contribution in [-0.4, -0.2) is 53.1 Å². The summed E-state index contributed by atoms with van der Waals surface area (Å²) in [6, 6.07) is -1.13. The third kappa shape index (κ3) is 20.4. The third-order valence-electron chi connectivity index (χ3n) is 6.17. The molecule has 0 aromatic heterocycles. The molecule has 33 heavy (non-hydrogen) atoms. The van der Waals surface area contributed by atoms with Crippen LogP contribution in [0.15, 0.2) is 0 Å². The van der Waals surface area contributed by atoms with Crippen LogP contribution in [0.3, 0.4) is 0 Å². The topological polar surface area (TPSA) is 124 Å². The third-order valence-corrected chi connectivity index (χ3v) is 6.95. The van der Waals surface area contributed by atoms with E-state index in [9.17, 15) is 28.0 Å². The Morgan fingerprint density at radius 3 is 1.52 bits per heavy atom. The highest BCUT2D eigenvalue weighted by Crippen LogP contribution is 2.14. The number of hydrogen-bond donors (Lipinski definition) is 4. The molecule has 0 saturated heterocycles. The van der Waals surface area contributed by atoms with Gasteiger partial charge in [-0.15, -0.1) is 0 Å². The molecule has 3 unspecified atom stereocenters. The van der Waals surface area contributed by atoms with Crippen molar-refractivity contribution in [2.45, 2.75) is 148 Å². The van der Waals surface area contributed by atoms with Crippen LogP contribution in [0.5, 0.6) is 0 Å². The van der Waals surface area contributed by atoms with Gasteiger partial charge in [0.2, 0.25) is 5.91 Å². The maximum Gasteiger partial charge on any atom is 0.266 e. The van der Waals surface area contributed by atoms with E-state index in [0.29, 0.717) is 25.7 Å². The first kappa shape index (κ1) is 32.3. The molecule has 3 atom stereocenters. The van der Waals surface area contributed by atoms with Gasteiger partial charge in [-0.25, -0.2) is 0 Å². The number of hydrogen-bond acceptors (Lipinski definition) is 5. The van der Waals surface area contributed by atoms with Crippen molar-refractivity contribution in [3.05, 3.63) is 0 Å². The summed E-state index contributed by atoms with van der Waals surface area (Å²) in [5.41, 5.74) is 0. The highest BCUT2D eigenvalue weighted by atomic mass is 32.2. The molecule has 0 radical (unpaired) electrons. The second-order valence-electron chi connectivity index (χ2n) is 9.47. The Kier molecular flexibility index (Phi) is 20.2. The molecular formula is C25H51NO6S. The van der Waals surface area contributed by atoms with Gasteiger partial charge in [-0.3, -0.25) is 9.35 Å². The Bertz CT molecular complexity index is 569. The smallest absolute Gasteiger partial charge is 0.266 e. The van der Waals surface area contributed by atoms with Gasteiger partial charge in [0.1, 0.15) is 6.10 Å². The second kappa shape index (κ2) is 20.7. The largest absolute Gasteiger partial charge is 0.391 e. The van der Waals surface area contributed by atoms with Crippen molar-refractivity contribution in [1.29, 1.82) is 0 Å². The molecular weight excluding hydrogens is 442 g/mol. The number of carbonyl (C=O) groups excluding carboxylic acids is 1. The fourth-order valence-electron chi connectivity index (χ4n) is 4.05. The lowest BCUT2D eigenvalue weighted by atomic mass is 10.0. The minimum absolute atomic E-state index is 0.300. The Labute approximate surface area is 202 Å². The Balaban J connectivity index is 4.27. The van der Waals surface area contributed by atoms with Crippen LogP contribution in [0, 0.1) is 0 Å². The van der Waals surface area contributed by atoms with Crippen molar-refractivity contribution >= 4 is 16.0 Å². The summed E-state index contributed by atoms with van der Waals surface area (Å²) in [6.45, 7) is 4.36. The molecule has 0 aliphatic rings. The summed E-state index contributed by atoms with van der Waals surface area (Å²) in [7, 11) is -4.38. The lowest BCUT2D eigenvalue weighted by Gasteiger charge is -2.24. The fraction of sp³-hybridized carbons (Fsp3) is 0.960. The summed E-state index contributed by atoms with van der Waals surface area (Å²) in [5, 5.41) is 23.0. The zero-order valence-electron chi connectivity index (χ0n) is 21.1. The quantitative estimate of drug-likeness (QED) is 0.115.